The van der Waals surface area contributed by atoms with Crippen LogP contribution in [0.1, 0.15) is 94.9 Å². The molecule has 0 spiro atoms. The Morgan fingerprint density at radius 2 is 1.52 bits per heavy atom. The molecular weight excluding hydrogens is 620 g/mol. The molecule has 7 unspecified atom stereocenters. The zero-order chi connectivity index (χ0) is 37.3. The van der Waals surface area contributed by atoms with Gasteiger partial charge in [-0.25, -0.2) is 4.79 Å². The molecule has 1 aliphatic heterocycles. The summed E-state index contributed by atoms with van der Waals surface area (Å²) in [6, 6.07) is -2.71. The lowest BCUT2D eigenvalue weighted by molar-refractivity contribution is -0.152. The highest BCUT2D eigenvalue weighted by molar-refractivity contribution is 5.91. The van der Waals surface area contributed by atoms with E-state index in [0.717, 1.165) is 6.42 Å². The van der Waals surface area contributed by atoms with Crippen LogP contribution in [0.3, 0.4) is 0 Å². The third kappa shape index (κ3) is 11.3. The van der Waals surface area contributed by atoms with Gasteiger partial charge < -0.3 is 34.4 Å². The highest BCUT2D eigenvalue weighted by Crippen LogP contribution is 2.29. The van der Waals surface area contributed by atoms with Gasteiger partial charge in [0.25, 0.3) is 0 Å². The third-order valence-corrected chi connectivity index (χ3v) is 9.46. The SMILES string of the molecule is CCC(C)C(C(CC(=O)N1CCC[C@H]1C(OC)C(C)C(=O)O)OC)N(C)C(=O)C(NC(=O)C(C(C)C)N(C)C(=O)OC(C)(C)C)C(C)C. The Bertz CT molecular complexity index is 1090. The second-order valence-electron chi connectivity index (χ2n) is 14.9. The monoisotopic (exact) mass is 684 g/mol. The van der Waals surface area contributed by atoms with E-state index in [0.29, 0.717) is 19.4 Å². The average molecular weight is 685 g/mol. The number of rotatable bonds is 17. The van der Waals surface area contributed by atoms with Crippen molar-refractivity contribution in [1.29, 1.82) is 0 Å². The molecule has 48 heavy (non-hydrogen) atoms. The number of hydrogen-bond acceptors (Lipinski definition) is 8. The molecule has 0 aromatic carbocycles. The van der Waals surface area contributed by atoms with Crippen LogP contribution in [0.4, 0.5) is 4.79 Å². The molecule has 13 nitrogen and oxygen atoms in total. The summed E-state index contributed by atoms with van der Waals surface area (Å²) < 4.78 is 17.0. The molecule has 1 aliphatic rings. The van der Waals surface area contributed by atoms with Crippen molar-refractivity contribution in [3.05, 3.63) is 0 Å². The number of carbonyl (C=O) groups excluding carboxylic acids is 4. The number of aliphatic carboxylic acids is 1. The van der Waals surface area contributed by atoms with Crippen LogP contribution in [0.25, 0.3) is 0 Å². The number of carbonyl (C=O) groups is 5. The molecule has 13 heteroatoms. The summed E-state index contributed by atoms with van der Waals surface area (Å²) in [7, 11) is 6.15. The molecule has 2 N–H and O–H groups in total. The zero-order valence-corrected chi connectivity index (χ0v) is 31.9. The predicted molar refractivity (Wildman–Crippen MR) is 183 cm³/mol. The summed E-state index contributed by atoms with van der Waals surface area (Å²) in [5, 5.41) is 12.5. The number of hydrogen-bond donors (Lipinski definition) is 2. The summed E-state index contributed by atoms with van der Waals surface area (Å²) >= 11 is 0. The maximum absolute atomic E-state index is 14.2. The highest BCUT2D eigenvalue weighted by Gasteiger charge is 2.43. The number of methoxy groups -OCH3 is 2. The van der Waals surface area contributed by atoms with Gasteiger partial charge in [0, 0.05) is 34.9 Å². The molecule has 1 heterocycles. The number of nitrogens with zero attached hydrogens (tertiary/aromatic N) is 3. The molecule has 278 valence electrons. The summed E-state index contributed by atoms with van der Waals surface area (Å²) in [6.07, 6.45) is 0.0489. The van der Waals surface area contributed by atoms with Crippen LogP contribution < -0.4 is 5.32 Å². The van der Waals surface area contributed by atoms with Crippen LogP contribution in [0, 0.1) is 23.7 Å². The van der Waals surface area contributed by atoms with Crippen LogP contribution in [-0.4, -0.2) is 126 Å². The summed E-state index contributed by atoms with van der Waals surface area (Å²) in [6.45, 7) is 18.6. The van der Waals surface area contributed by atoms with Gasteiger partial charge in [0.15, 0.2) is 0 Å². The van der Waals surface area contributed by atoms with E-state index in [1.54, 1.807) is 44.5 Å². The molecule has 1 rings (SSSR count). The van der Waals surface area contributed by atoms with Gasteiger partial charge in [-0.05, 0) is 58.3 Å². The fourth-order valence-corrected chi connectivity index (χ4v) is 6.64. The van der Waals surface area contributed by atoms with Crippen molar-refractivity contribution >= 4 is 29.8 Å². The van der Waals surface area contributed by atoms with Crippen LogP contribution in [0.2, 0.25) is 0 Å². The Morgan fingerprint density at radius 3 is 1.96 bits per heavy atom. The third-order valence-electron chi connectivity index (χ3n) is 9.46. The number of amides is 4. The summed E-state index contributed by atoms with van der Waals surface area (Å²) in [5.74, 6) is -3.44. The molecule has 8 atom stereocenters. The zero-order valence-electron chi connectivity index (χ0n) is 31.9. The Hall–Kier alpha value is -2.93. The van der Waals surface area contributed by atoms with Crippen LogP contribution in [0.15, 0.2) is 0 Å². The molecule has 0 saturated carbocycles. The minimum absolute atomic E-state index is 0.0215. The second kappa shape index (κ2) is 18.7. The van der Waals surface area contributed by atoms with Crippen molar-refractivity contribution in [3.8, 4) is 0 Å². The van der Waals surface area contributed by atoms with Gasteiger partial charge in [-0.3, -0.25) is 24.1 Å². The fraction of sp³-hybridized carbons (Fsp3) is 0.857. The first-order valence-corrected chi connectivity index (χ1v) is 17.3. The van der Waals surface area contributed by atoms with Crippen molar-refractivity contribution in [2.24, 2.45) is 23.7 Å². The van der Waals surface area contributed by atoms with Gasteiger partial charge in [-0.15, -0.1) is 0 Å². The molecule has 0 aromatic heterocycles. The summed E-state index contributed by atoms with van der Waals surface area (Å²) in [5.41, 5.74) is -0.745. The first-order chi connectivity index (χ1) is 22.1. The normalized spacial score (nSPS) is 19.6. The quantitative estimate of drug-likeness (QED) is 0.231. The molecule has 0 aliphatic carbocycles. The van der Waals surface area contributed by atoms with Crippen molar-refractivity contribution in [2.75, 3.05) is 34.9 Å². The number of likely N-dealkylation sites (N-methyl/N-ethyl adjacent to an activating group) is 2. The second-order valence-corrected chi connectivity index (χ2v) is 14.9. The smallest absolute Gasteiger partial charge is 0.410 e. The van der Waals surface area contributed by atoms with Crippen molar-refractivity contribution < 1.29 is 43.3 Å². The Labute approximate surface area is 288 Å². The minimum Gasteiger partial charge on any atom is -0.481 e. The van der Waals surface area contributed by atoms with E-state index in [1.165, 1.54) is 26.2 Å². The first kappa shape index (κ1) is 43.1. The number of carboxylic acid groups (broad SMARTS) is 1. The van der Waals surface area contributed by atoms with Crippen LogP contribution >= 0.6 is 0 Å². The van der Waals surface area contributed by atoms with Gasteiger partial charge in [0.2, 0.25) is 17.7 Å². The van der Waals surface area contributed by atoms with Crippen LogP contribution in [0.5, 0.6) is 0 Å². The van der Waals surface area contributed by atoms with Crippen molar-refractivity contribution in [1.82, 2.24) is 20.0 Å². The molecule has 4 amide bonds. The number of ether oxygens (including phenoxy) is 3. The molecule has 0 radical (unpaired) electrons. The predicted octanol–water partition coefficient (Wildman–Crippen LogP) is 4.02. The first-order valence-electron chi connectivity index (χ1n) is 17.3. The minimum atomic E-state index is -0.990. The molecule has 1 saturated heterocycles. The van der Waals surface area contributed by atoms with Crippen molar-refractivity contribution in [2.45, 2.75) is 137 Å². The lowest BCUT2D eigenvalue weighted by Crippen LogP contribution is -2.60. The van der Waals surface area contributed by atoms with E-state index >= 15 is 0 Å². The molecule has 0 bridgehead atoms. The average Bonchev–Trinajstić information content (AvgIpc) is 3.47. The van der Waals surface area contributed by atoms with E-state index in [1.807, 2.05) is 41.5 Å². The van der Waals surface area contributed by atoms with E-state index in [9.17, 15) is 29.1 Å². The van der Waals surface area contributed by atoms with Gasteiger partial charge >= 0.3 is 12.1 Å². The number of nitrogens with one attached hydrogen (secondary N) is 1. The standard InChI is InChI=1S/C35H64N4O9/c1-15-22(6)29(25(46-13)19-26(40)39-18-16-17-24(39)30(47-14)23(7)33(43)44)37(11)32(42)27(20(2)3)36-31(41)28(21(4)5)38(12)34(45)48-35(8,9)10/h20-25,27-30H,15-19H2,1-14H3,(H,36,41)(H,43,44)/t22?,23?,24-,25?,27?,28?,29?,30?/m0/s1. The molecule has 0 aromatic rings. The van der Waals surface area contributed by atoms with Gasteiger partial charge in [0.05, 0.1) is 36.6 Å². The van der Waals surface area contributed by atoms with Gasteiger partial charge in [-0.2, -0.15) is 0 Å². The number of likely N-dealkylation sites (tertiary alicyclic amines) is 1. The van der Waals surface area contributed by atoms with Crippen molar-refractivity contribution in [3.63, 3.8) is 0 Å². The molecular formula is C35H64N4O9. The molecule has 1 fully saturated rings. The highest BCUT2D eigenvalue weighted by atomic mass is 16.6. The largest absolute Gasteiger partial charge is 0.481 e. The van der Waals surface area contributed by atoms with Crippen LogP contribution in [-0.2, 0) is 33.4 Å². The topological polar surface area (TPSA) is 155 Å². The Morgan fingerprint density at radius 1 is 0.938 bits per heavy atom. The lowest BCUT2D eigenvalue weighted by atomic mass is 9.89. The Balaban J connectivity index is 3.32. The van der Waals surface area contributed by atoms with Gasteiger partial charge in [0.1, 0.15) is 17.7 Å². The van der Waals surface area contributed by atoms with E-state index in [-0.39, 0.29) is 42.0 Å². The summed E-state index contributed by atoms with van der Waals surface area (Å²) in [4.78, 5) is 70.9. The van der Waals surface area contributed by atoms with E-state index in [4.69, 9.17) is 14.2 Å². The van der Waals surface area contributed by atoms with Gasteiger partial charge in [-0.1, -0.05) is 48.0 Å². The number of carboxylic acids is 1. The van der Waals surface area contributed by atoms with E-state index in [2.05, 4.69) is 5.32 Å². The lowest BCUT2D eigenvalue weighted by Gasteiger charge is -2.41. The Kier molecular flexibility index (Phi) is 16.8. The van der Waals surface area contributed by atoms with E-state index < -0.39 is 59.8 Å². The fourth-order valence-electron chi connectivity index (χ4n) is 6.64. The maximum Gasteiger partial charge on any atom is 0.410 e. The maximum atomic E-state index is 14.2.